The number of nitrogens with zero attached hydrogens (tertiary/aromatic N) is 5. The summed E-state index contributed by atoms with van der Waals surface area (Å²) in [5, 5.41) is 2.93. The average Bonchev–Trinajstić information content (AvgIpc) is 3.25. The number of imidazole rings is 2. The molecule has 1 N–H and O–H groups in total. The van der Waals surface area contributed by atoms with Crippen molar-refractivity contribution in [2.75, 3.05) is 25.0 Å². The third kappa shape index (κ3) is 3.98. The van der Waals surface area contributed by atoms with E-state index in [9.17, 15) is 9.59 Å². The van der Waals surface area contributed by atoms with Gasteiger partial charge in [0.05, 0.1) is 22.1 Å². The monoisotopic (exact) mass is 420 g/mol. The minimum absolute atomic E-state index is 0.0700. The fraction of sp³-hybridized carbons (Fsp3) is 0.348. The summed E-state index contributed by atoms with van der Waals surface area (Å²) in [7, 11) is 1.71. The van der Waals surface area contributed by atoms with Crippen LogP contribution in [0.1, 0.15) is 13.8 Å². The lowest BCUT2D eigenvalue weighted by molar-refractivity contribution is -0.116. The maximum absolute atomic E-state index is 12.9. The van der Waals surface area contributed by atoms with E-state index in [1.165, 1.54) is 4.57 Å². The second-order valence-corrected chi connectivity index (χ2v) is 7.57. The van der Waals surface area contributed by atoms with E-state index in [4.69, 9.17) is 0 Å². The number of rotatable bonds is 8. The van der Waals surface area contributed by atoms with Crippen molar-refractivity contribution >= 4 is 33.9 Å². The van der Waals surface area contributed by atoms with E-state index >= 15 is 0 Å². The third-order valence-electron chi connectivity index (χ3n) is 5.79. The maximum Gasteiger partial charge on any atom is 0.329 e. The smallest absolute Gasteiger partial charge is 0.309 e. The molecule has 0 fully saturated rings. The lowest BCUT2D eigenvalue weighted by Crippen LogP contribution is -2.30. The van der Waals surface area contributed by atoms with Gasteiger partial charge in [0.1, 0.15) is 6.54 Å². The van der Waals surface area contributed by atoms with Gasteiger partial charge in [0.15, 0.2) is 0 Å². The number of amides is 1. The molecule has 0 saturated heterocycles. The maximum atomic E-state index is 12.9. The summed E-state index contributed by atoms with van der Waals surface area (Å²) >= 11 is 0. The van der Waals surface area contributed by atoms with Crippen LogP contribution in [-0.4, -0.2) is 49.1 Å². The molecule has 0 spiro atoms. The standard InChI is InChI=1S/C23H28N6O2/c1-4-27(5-2)14-15-28-18-11-7-6-10-17(18)24-22(28)25-21(30)16-29-20-13-9-8-12-19(20)26(3)23(29)31/h6-13H,4-5,14-16H2,1-3H3,(H,24,25,30). The van der Waals surface area contributed by atoms with E-state index in [0.717, 1.165) is 41.7 Å². The molecule has 0 radical (unpaired) electrons. The van der Waals surface area contributed by atoms with Crippen LogP contribution in [-0.2, 0) is 24.9 Å². The normalized spacial score (nSPS) is 11.6. The van der Waals surface area contributed by atoms with Gasteiger partial charge in [-0.25, -0.2) is 9.78 Å². The number of aromatic nitrogens is 4. The van der Waals surface area contributed by atoms with Gasteiger partial charge >= 0.3 is 5.69 Å². The Morgan fingerprint density at radius 3 is 2.32 bits per heavy atom. The van der Waals surface area contributed by atoms with Crippen molar-refractivity contribution in [1.29, 1.82) is 0 Å². The lowest BCUT2D eigenvalue weighted by Gasteiger charge is -2.19. The Morgan fingerprint density at radius 2 is 1.61 bits per heavy atom. The number of benzene rings is 2. The number of hydrogen-bond donors (Lipinski definition) is 1. The Labute approximate surface area is 180 Å². The van der Waals surface area contributed by atoms with Gasteiger partial charge in [0.2, 0.25) is 11.9 Å². The van der Waals surface area contributed by atoms with Crippen LogP contribution >= 0.6 is 0 Å². The Balaban J connectivity index is 1.61. The van der Waals surface area contributed by atoms with Gasteiger partial charge in [-0.1, -0.05) is 38.1 Å². The van der Waals surface area contributed by atoms with Crippen LogP contribution in [0.4, 0.5) is 5.95 Å². The molecule has 0 bridgehead atoms. The predicted molar refractivity (Wildman–Crippen MR) is 123 cm³/mol. The van der Waals surface area contributed by atoms with Crippen LogP contribution in [0.2, 0.25) is 0 Å². The van der Waals surface area contributed by atoms with Crippen LogP contribution in [0.3, 0.4) is 0 Å². The van der Waals surface area contributed by atoms with E-state index in [1.54, 1.807) is 11.6 Å². The molecule has 2 aromatic heterocycles. The van der Waals surface area contributed by atoms with Crippen molar-refractivity contribution in [3.8, 4) is 0 Å². The minimum Gasteiger partial charge on any atom is -0.309 e. The van der Waals surface area contributed by atoms with Gasteiger partial charge < -0.3 is 9.47 Å². The Hall–Kier alpha value is -3.39. The van der Waals surface area contributed by atoms with Crippen molar-refractivity contribution in [1.82, 2.24) is 23.6 Å². The summed E-state index contributed by atoms with van der Waals surface area (Å²) < 4.78 is 5.09. The molecule has 4 rings (SSSR count). The minimum atomic E-state index is -0.280. The second-order valence-electron chi connectivity index (χ2n) is 7.57. The first kappa shape index (κ1) is 20.9. The summed E-state index contributed by atoms with van der Waals surface area (Å²) in [5.74, 6) is 0.226. The molecule has 4 aromatic rings. The van der Waals surface area contributed by atoms with E-state index in [0.29, 0.717) is 12.5 Å². The molecule has 0 atom stereocenters. The van der Waals surface area contributed by atoms with E-state index in [-0.39, 0.29) is 18.1 Å². The molecule has 8 heteroatoms. The van der Waals surface area contributed by atoms with Crippen molar-refractivity contribution in [2.45, 2.75) is 26.9 Å². The van der Waals surface area contributed by atoms with Gasteiger partial charge in [0.25, 0.3) is 0 Å². The number of hydrogen-bond acceptors (Lipinski definition) is 4. The highest BCUT2D eigenvalue weighted by atomic mass is 16.2. The number of carbonyl (C=O) groups excluding carboxylic acids is 1. The third-order valence-corrected chi connectivity index (χ3v) is 5.79. The molecule has 31 heavy (non-hydrogen) atoms. The molecular formula is C23H28N6O2. The highest BCUT2D eigenvalue weighted by molar-refractivity contribution is 5.92. The van der Waals surface area contributed by atoms with E-state index < -0.39 is 0 Å². The van der Waals surface area contributed by atoms with Crippen molar-refractivity contribution < 1.29 is 4.79 Å². The SMILES string of the molecule is CCN(CC)CCn1c(NC(=O)Cn2c(=O)n(C)c3ccccc32)nc2ccccc21. The summed E-state index contributed by atoms with van der Waals surface area (Å²) in [5.41, 5.74) is 3.13. The lowest BCUT2D eigenvalue weighted by atomic mass is 10.3. The molecule has 0 unspecified atom stereocenters. The highest BCUT2D eigenvalue weighted by Gasteiger charge is 2.17. The van der Waals surface area contributed by atoms with Crippen LogP contribution in [0.25, 0.3) is 22.1 Å². The Kier molecular flexibility index (Phi) is 5.90. The first-order chi connectivity index (χ1) is 15.0. The summed E-state index contributed by atoms with van der Waals surface area (Å²) in [4.78, 5) is 32.5. The molecule has 0 aliphatic carbocycles. The van der Waals surface area contributed by atoms with Gasteiger partial charge in [0, 0.05) is 20.1 Å². The zero-order valence-corrected chi connectivity index (χ0v) is 18.2. The fourth-order valence-electron chi connectivity index (χ4n) is 4.00. The average molecular weight is 421 g/mol. The molecule has 0 aliphatic rings. The zero-order valence-electron chi connectivity index (χ0n) is 18.2. The summed E-state index contributed by atoms with van der Waals surface area (Å²) in [6.45, 7) is 7.72. The predicted octanol–water partition coefficient (Wildman–Crippen LogP) is 2.67. The number of para-hydroxylation sites is 4. The van der Waals surface area contributed by atoms with E-state index in [1.807, 2.05) is 53.1 Å². The molecule has 2 heterocycles. The van der Waals surface area contributed by atoms with Crippen molar-refractivity contribution in [2.24, 2.45) is 7.05 Å². The van der Waals surface area contributed by atoms with Crippen LogP contribution in [0, 0.1) is 0 Å². The van der Waals surface area contributed by atoms with Crippen LogP contribution in [0.15, 0.2) is 53.3 Å². The largest absolute Gasteiger partial charge is 0.329 e. The van der Waals surface area contributed by atoms with Gasteiger partial charge in [-0.3, -0.25) is 19.2 Å². The quantitative estimate of drug-likeness (QED) is 0.475. The van der Waals surface area contributed by atoms with Crippen molar-refractivity contribution in [3.05, 3.63) is 59.0 Å². The van der Waals surface area contributed by atoms with Gasteiger partial charge in [-0.2, -0.15) is 0 Å². The Bertz CT molecular complexity index is 1280. The number of nitrogens with one attached hydrogen (secondary N) is 1. The zero-order chi connectivity index (χ0) is 22.0. The number of anilines is 1. The summed E-state index contributed by atoms with van der Waals surface area (Å²) in [6.07, 6.45) is 0. The molecule has 8 nitrogen and oxygen atoms in total. The van der Waals surface area contributed by atoms with Crippen molar-refractivity contribution in [3.63, 3.8) is 0 Å². The Morgan fingerprint density at radius 1 is 0.968 bits per heavy atom. The van der Waals surface area contributed by atoms with Crippen LogP contribution < -0.4 is 11.0 Å². The first-order valence-corrected chi connectivity index (χ1v) is 10.6. The van der Waals surface area contributed by atoms with Gasteiger partial charge in [-0.05, 0) is 37.4 Å². The first-order valence-electron chi connectivity index (χ1n) is 10.6. The number of fused-ring (bicyclic) bond motifs is 2. The molecule has 1 amide bonds. The molecule has 0 aliphatic heterocycles. The number of carbonyl (C=O) groups is 1. The second kappa shape index (κ2) is 8.77. The van der Waals surface area contributed by atoms with Crippen LogP contribution in [0.5, 0.6) is 0 Å². The fourth-order valence-corrected chi connectivity index (χ4v) is 4.00. The summed E-state index contributed by atoms with van der Waals surface area (Å²) in [6, 6.07) is 15.3. The molecular weight excluding hydrogens is 392 g/mol. The van der Waals surface area contributed by atoms with E-state index in [2.05, 4.69) is 29.0 Å². The number of likely N-dealkylation sites (N-methyl/N-ethyl adjacent to an activating group) is 1. The molecule has 0 saturated carbocycles. The van der Waals surface area contributed by atoms with Gasteiger partial charge in [-0.15, -0.1) is 0 Å². The number of aryl methyl sites for hydroxylation is 1. The highest BCUT2D eigenvalue weighted by Crippen LogP contribution is 2.20. The molecule has 2 aromatic carbocycles. The molecule has 162 valence electrons. The topological polar surface area (TPSA) is 77.1 Å².